The largest absolute Gasteiger partial charge is 0.383 e. The van der Waals surface area contributed by atoms with Crippen molar-refractivity contribution in [2.45, 2.75) is 20.3 Å². The molecule has 3 nitrogen and oxygen atoms in total. The summed E-state index contributed by atoms with van der Waals surface area (Å²) in [4.78, 5) is 8.58. The van der Waals surface area contributed by atoms with Crippen LogP contribution in [0.25, 0.3) is 11.4 Å². The Morgan fingerprint density at radius 3 is 2.50 bits per heavy atom. The molecule has 0 spiro atoms. The van der Waals surface area contributed by atoms with Crippen molar-refractivity contribution in [3.05, 3.63) is 39.1 Å². The number of rotatable bonds is 3. The van der Waals surface area contributed by atoms with Gasteiger partial charge in [0.2, 0.25) is 0 Å². The molecule has 6 heteroatoms. The SMILES string of the molecule is CC(C)Cc1nc(-c2ccc(F)c(F)c2)nc(N)c1I. The van der Waals surface area contributed by atoms with Crippen molar-refractivity contribution in [3.8, 4) is 11.4 Å². The highest BCUT2D eigenvalue weighted by molar-refractivity contribution is 14.1. The Bertz CT molecular complexity index is 645. The van der Waals surface area contributed by atoms with Crippen LogP contribution in [0.15, 0.2) is 18.2 Å². The van der Waals surface area contributed by atoms with Gasteiger partial charge in [0.1, 0.15) is 5.82 Å². The molecular weight excluding hydrogens is 375 g/mol. The lowest BCUT2D eigenvalue weighted by Crippen LogP contribution is -2.07. The van der Waals surface area contributed by atoms with E-state index in [0.717, 1.165) is 27.8 Å². The second-order valence-electron chi connectivity index (χ2n) is 4.92. The quantitative estimate of drug-likeness (QED) is 0.813. The number of hydrogen-bond acceptors (Lipinski definition) is 3. The molecule has 0 aliphatic rings. The van der Waals surface area contributed by atoms with Crippen LogP contribution in [0.5, 0.6) is 0 Å². The van der Waals surface area contributed by atoms with Crippen LogP contribution in [0.3, 0.4) is 0 Å². The van der Waals surface area contributed by atoms with Gasteiger partial charge in [-0.2, -0.15) is 0 Å². The van der Waals surface area contributed by atoms with Crippen LogP contribution in [-0.2, 0) is 6.42 Å². The second-order valence-corrected chi connectivity index (χ2v) is 6.00. The summed E-state index contributed by atoms with van der Waals surface area (Å²) in [6.07, 6.45) is 0.752. The van der Waals surface area contributed by atoms with Crippen LogP contribution in [0.1, 0.15) is 19.5 Å². The standard InChI is InChI=1S/C14H14F2IN3/c1-7(2)5-11-12(17)13(18)20-14(19-11)8-3-4-9(15)10(16)6-8/h3-4,6-7H,5H2,1-2H3,(H2,18,19,20). The first-order chi connectivity index (χ1) is 9.38. The second kappa shape index (κ2) is 5.99. The summed E-state index contributed by atoms with van der Waals surface area (Å²) in [5.74, 6) is -0.729. The maximum atomic E-state index is 13.3. The Morgan fingerprint density at radius 2 is 1.90 bits per heavy atom. The Balaban J connectivity index is 2.51. The summed E-state index contributed by atoms with van der Waals surface area (Å²) in [5.41, 5.74) is 7.12. The zero-order valence-electron chi connectivity index (χ0n) is 11.1. The highest BCUT2D eigenvalue weighted by Crippen LogP contribution is 2.24. The number of halogens is 3. The molecule has 1 aromatic carbocycles. The Hall–Kier alpha value is -1.31. The normalized spacial score (nSPS) is 11.1. The van der Waals surface area contributed by atoms with Crippen LogP contribution in [0.4, 0.5) is 14.6 Å². The van der Waals surface area contributed by atoms with Crippen molar-refractivity contribution in [1.82, 2.24) is 9.97 Å². The van der Waals surface area contributed by atoms with E-state index in [1.54, 1.807) is 0 Å². The summed E-state index contributed by atoms with van der Waals surface area (Å²) in [5, 5.41) is 0. The smallest absolute Gasteiger partial charge is 0.161 e. The Morgan fingerprint density at radius 1 is 1.20 bits per heavy atom. The van der Waals surface area contributed by atoms with Crippen LogP contribution < -0.4 is 5.73 Å². The highest BCUT2D eigenvalue weighted by atomic mass is 127. The van der Waals surface area contributed by atoms with Gasteiger partial charge in [0, 0.05) is 5.56 Å². The van der Waals surface area contributed by atoms with Gasteiger partial charge < -0.3 is 5.73 Å². The molecule has 2 rings (SSSR count). The third kappa shape index (κ3) is 3.23. The first kappa shape index (κ1) is 15.1. The molecule has 1 aromatic heterocycles. The van der Waals surface area contributed by atoms with Crippen LogP contribution in [0, 0.1) is 21.1 Å². The number of nitrogens with two attached hydrogens (primary N) is 1. The van der Waals surface area contributed by atoms with E-state index in [2.05, 4.69) is 46.4 Å². The topological polar surface area (TPSA) is 51.8 Å². The van der Waals surface area contributed by atoms with Crippen molar-refractivity contribution in [3.63, 3.8) is 0 Å². The van der Waals surface area contributed by atoms with Gasteiger partial charge >= 0.3 is 0 Å². The molecule has 2 N–H and O–H groups in total. The fourth-order valence-electron chi connectivity index (χ4n) is 1.80. The molecule has 0 atom stereocenters. The lowest BCUT2D eigenvalue weighted by molar-refractivity contribution is 0.509. The Kier molecular flexibility index (Phi) is 4.52. The van der Waals surface area contributed by atoms with E-state index < -0.39 is 11.6 Å². The van der Waals surface area contributed by atoms with Gasteiger partial charge in [0.05, 0.1) is 9.26 Å². The van der Waals surface area contributed by atoms with Crippen LogP contribution >= 0.6 is 22.6 Å². The van der Waals surface area contributed by atoms with Gasteiger partial charge in [0.15, 0.2) is 17.5 Å². The molecule has 0 unspecified atom stereocenters. The predicted octanol–water partition coefficient (Wildman–Crippen LogP) is 3.81. The highest BCUT2D eigenvalue weighted by Gasteiger charge is 2.14. The molecule has 0 aliphatic carbocycles. The first-order valence-corrected chi connectivity index (χ1v) is 7.23. The zero-order chi connectivity index (χ0) is 14.9. The van der Waals surface area contributed by atoms with E-state index in [-0.39, 0.29) is 0 Å². The molecule has 0 aliphatic heterocycles. The van der Waals surface area contributed by atoms with Crippen molar-refractivity contribution in [2.24, 2.45) is 5.92 Å². The van der Waals surface area contributed by atoms with Crippen LogP contribution in [-0.4, -0.2) is 9.97 Å². The summed E-state index contributed by atoms with van der Waals surface area (Å²) in [6.45, 7) is 4.15. The van der Waals surface area contributed by atoms with E-state index in [1.807, 2.05) is 0 Å². The third-order valence-corrected chi connectivity index (χ3v) is 3.90. The molecule has 106 valence electrons. The molecular formula is C14H14F2IN3. The minimum atomic E-state index is -0.923. The molecule has 0 fully saturated rings. The number of nitrogens with zero attached hydrogens (tertiary/aromatic N) is 2. The molecule has 0 saturated carbocycles. The molecule has 0 saturated heterocycles. The van der Waals surface area contributed by atoms with Gasteiger partial charge in [-0.15, -0.1) is 0 Å². The molecule has 2 aromatic rings. The Labute approximate surface area is 129 Å². The lowest BCUT2D eigenvalue weighted by atomic mass is 10.1. The minimum absolute atomic E-state index is 0.317. The summed E-state index contributed by atoms with van der Waals surface area (Å²) >= 11 is 2.10. The van der Waals surface area contributed by atoms with Crippen molar-refractivity contribution in [1.29, 1.82) is 0 Å². The summed E-state index contributed by atoms with van der Waals surface area (Å²) in [7, 11) is 0. The summed E-state index contributed by atoms with van der Waals surface area (Å²) in [6, 6.07) is 3.58. The van der Waals surface area contributed by atoms with Crippen molar-refractivity contribution < 1.29 is 8.78 Å². The molecule has 20 heavy (non-hydrogen) atoms. The van der Waals surface area contributed by atoms with Crippen LogP contribution in [0.2, 0.25) is 0 Å². The molecule has 0 bridgehead atoms. The van der Waals surface area contributed by atoms with E-state index >= 15 is 0 Å². The van der Waals surface area contributed by atoms with E-state index in [0.29, 0.717) is 23.1 Å². The monoisotopic (exact) mass is 389 g/mol. The molecule has 0 radical (unpaired) electrons. The maximum absolute atomic E-state index is 13.3. The average Bonchev–Trinajstić information content (AvgIpc) is 2.37. The fraction of sp³-hybridized carbons (Fsp3) is 0.286. The minimum Gasteiger partial charge on any atom is -0.383 e. The van der Waals surface area contributed by atoms with Gasteiger partial charge in [-0.3, -0.25) is 0 Å². The number of nitrogen functional groups attached to an aromatic ring is 1. The first-order valence-electron chi connectivity index (χ1n) is 6.15. The van der Waals surface area contributed by atoms with Gasteiger partial charge in [-0.1, -0.05) is 13.8 Å². The third-order valence-electron chi connectivity index (χ3n) is 2.72. The van der Waals surface area contributed by atoms with Gasteiger partial charge in [0.25, 0.3) is 0 Å². The fourth-order valence-corrected chi connectivity index (χ4v) is 2.26. The number of benzene rings is 1. The average molecular weight is 389 g/mol. The van der Waals surface area contributed by atoms with E-state index in [1.165, 1.54) is 6.07 Å². The summed E-state index contributed by atoms with van der Waals surface area (Å²) < 4.78 is 27.1. The van der Waals surface area contributed by atoms with Gasteiger partial charge in [-0.05, 0) is 53.1 Å². The lowest BCUT2D eigenvalue weighted by Gasteiger charge is -2.11. The number of aromatic nitrogens is 2. The zero-order valence-corrected chi connectivity index (χ0v) is 13.3. The van der Waals surface area contributed by atoms with E-state index in [9.17, 15) is 8.78 Å². The molecule has 0 amide bonds. The van der Waals surface area contributed by atoms with Crippen molar-refractivity contribution >= 4 is 28.4 Å². The molecule has 1 heterocycles. The van der Waals surface area contributed by atoms with E-state index in [4.69, 9.17) is 5.73 Å². The number of hydrogen-bond donors (Lipinski definition) is 1. The predicted molar refractivity (Wildman–Crippen MR) is 83.1 cm³/mol. The maximum Gasteiger partial charge on any atom is 0.161 e. The van der Waals surface area contributed by atoms with Gasteiger partial charge in [-0.25, -0.2) is 18.7 Å². The van der Waals surface area contributed by atoms with Crippen molar-refractivity contribution in [2.75, 3.05) is 5.73 Å². The number of anilines is 1.